The zero-order valence-electron chi connectivity index (χ0n) is 14.0. The van der Waals surface area contributed by atoms with E-state index >= 15 is 0 Å². The number of aromatic nitrogens is 1. The number of anilines is 1. The van der Waals surface area contributed by atoms with Crippen LogP contribution >= 0.6 is 0 Å². The van der Waals surface area contributed by atoms with Crippen LogP contribution < -0.4 is 5.32 Å². The summed E-state index contributed by atoms with van der Waals surface area (Å²) in [6.07, 6.45) is 6.02. The number of hydrogen-bond donors (Lipinski definition) is 1. The highest BCUT2D eigenvalue weighted by atomic mass is 16.1. The Morgan fingerprint density at radius 3 is 2.61 bits per heavy atom. The molecule has 0 fully saturated rings. The molecule has 1 N–H and O–H groups in total. The van der Waals surface area contributed by atoms with E-state index in [1.807, 2.05) is 42.7 Å². The average molecular weight is 311 g/mol. The highest BCUT2D eigenvalue weighted by Gasteiger charge is 2.07. The summed E-state index contributed by atoms with van der Waals surface area (Å²) in [5.41, 5.74) is 3.37. The quantitative estimate of drug-likeness (QED) is 0.814. The fourth-order valence-electron chi connectivity index (χ4n) is 2.44. The zero-order valence-corrected chi connectivity index (χ0v) is 14.0. The lowest BCUT2D eigenvalue weighted by atomic mass is 10.1. The minimum Gasteiger partial charge on any atom is -0.326 e. The van der Waals surface area contributed by atoms with Crippen LogP contribution in [0.2, 0.25) is 0 Å². The first-order valence-corrected chi connectivity index (χ1v) is 8.14. The van der Waals surface area contributed by atoms with Crippen molar-refractivity contribution in [3.8, 4) is 0 Å². The van der Waals surface area contributed by atoms with Crippen molar-refractivity contribution >= 4 is 11.6 Å². The van der Waals surface area contributed by atoms with E-state index in [2.05, 4.69) is 35.2 Å². The highest BCUT2D eigenvalue weighted by Crippen LogP contribution is 2.15. The number of nitrogens with zero attached hydrogens (tertiary/aromatic N) is 2. The zero-order chi connectivity index (χ0) is 16.5. The third-order valence-electron chi connectivity index (χ3n) is 3.92. The molecule has 4 nitrogen and oxygen atoms in total. The molecule has 0 aliphatic heterocycles. The third kappa shape index (κ3) is 5.83. The Bertz CT molecular complexity index is 613. The van der Waals surface area contributed by atoms with Gasteiger partial charge in [0, 0.05) is 37.6 Å². The molecule has 2 aromatic rings. The Balaban J connectivity index is 1.73. The first-order chi connectivity index (χ1) is 11.2. The summed E-state index contributed by atoms with van der Waals surface area (Å²) < 4.78 is 0. The monoisotopic (exact) mass is 311 g/mol. The van der Waals surface area contributed by atoms with E-state index in [9.17, 15) is 4.79 Å². The number of nitrogens with one attached hydrogen (secondary N) is 1. The molecule has 2 rings (SSSR count). The first kappa shape index (κ1) is 17.2. The topological polar surface area (TPSA) is 45.2 Å². The molecule has 1 heterocycles. The molecule has 1 amide bonds. The van der Waals surface area contributed by atoms with Gasteiger partial charge in [0.05, 0.1) is 0 Å². The minimum atomic E-state index is 0.0710. The van der Waals surface area contributed by atoms with Gasteiger partial charge >= 0.3 is 0 Å². The van der Waals surface area contributed by atoms with E-state index in [-0.39, 0.29) is 5.91 Å². The minimum absolute atomic E-state index is 0.0710. The van der Waals surface area contributed by atoms with Crippen LogP contribution in [-0.4, -0.2) is 35.9 Å². The Labute approximate surface area is 138 Å². The second kappa shape index (κ2) is 9.06. The van der Waals surface area contributed by atoms with Gasteiger partial charge in [0.25, 0.3) is 0 Å². The van der Waals surface area contributed by atoms with E-state index < -0.39 is 0 Å². The number of pyridine rings is 1. The Morgan fingerprint density at radius 2 is 1.87 bits per heavy atom. The fourth-order valence-corrected chi connectivity index (χ4v) is 2.44. The summed E-state index contributed by atoms with van der Waals surface area (Å²) in [4.78, 5) is 18.3. The average Bonchev–Trinajstić information content (AvgIpc) is 2.59. The SMILES string of the molecule is CCc1ccccc1NC(=O)CCN(C)CCc1ccncc1. The van der Waals surface area contributed by atoms with Gasteiger partial charge < -0.3 is 10.2 Å². The largest absolute Gasteiger partial charge is 0.326 e. The number of likely N-dealkylation sites (N-methyl/N-ethyl adjacent to an activating group) is 1. The summed E-state index contributed by atoms with van der Waals surface area (Å²) in [6.45, 7) is 3.78. The van der Waals surface area contributed by atoms with Crippen molar-refractivity contribution in [1.29, 1.82) is 0 Å². The van der Waals surface area contributed by atoms with Gasteiger partial charge in [-0.25, -0.2) is 0 Å². The maximum Gasteiger partial charge on any atom is 0.225 e. The molecule has 23 heavy (non-hydrogen) atoms. The Kier molecular flexibility index (Phi) is 6.76. The van der Waals surface area contributed by atoms with Crippen LogP contribution in [0.25, 0.3) is 0 Å². The number of para-hydroxylation sites is 1. The van der Waals surface area contributed by atoms with Crippen molar-refractivity contribution in [3.05, 3.63) is 59.9 Å². The van der Waals surface area contributed by atoms with Gasteiger partial charge in [0.1, 0.15) is 0 Å². The maximum absolute atomic E-state index is 12.1. The van der Waals surface area contributed by atoms with Crippen molar-refractivity contribution in [2.24, 2.45) is 0 Å². The molecule has 4 heteroatoms. The summed E-state index contributed by atoms with van der Waals surface area (Å²) in [5.74, 6) is 0.0710. The molecule has 0 saturated carbocycles. The van der Waals surface area contributed by atoms with Gasteiger partial charge in [-0.3, -0.25) is 9.78 Å². The van der Waals surface area contributed by atoms with E-state index in [1.165, 1.54) is 11.1 Å². The smallest absolute Gasteiger partial charge is 0.225 e. The van der Waals surface area contributed by atoms with Gasteiger partial charge in [0.15, 0.2) is 0 Å². The van der Waals surface area contributed by atoms with Crippen LogP contribution in [0.5, 0.6) is 0 Å². The Morgan fingerprint density at radius 1 is 1.13 bits per heavy atom. The molecule has 0 atom stereocenters. The molecular weight excluding hydrogens is 286 g/mol. The van der Waals surface area contributed by atoms with Crippen molar-refractivity contribution in [1.82, 2.24) is 9.88 Å². The van der Waals surface area contributed by atoms with Crippen molar-refractivity contribution in [2.45, 2.75) is 26.2 Å². The van der Waals surface area contributed by atoms with E-state index in [0.717, 1.165) is 31.6 Å². The predicted molar refractivity (Wildman–Crippen MR) is 94.5 cm³/mol. The third-order valence-corrected chi connectivity index (χ3v) is 3.92. The molecule has 1 aromatic carbocycles. The molecular formula is C19H25N3O. The number of hydrogen-bond acceptors (Lipinski definition) is 3. The van der Waals surface area contributed by atoms with Crippen LogP contribution in [0.1, 0.15) is 24.5 Å². The normalized spacial score (nSPS) is 10.7. The van der Waals surface area contributed by atoms with E-state index in [4.69, 9.17) is 0 Å². The van der Waals surface area contributed by atoms with Crippen LogP contribution in [0.3, 0.4) is 0 Å². The molecule has 1 aromatic heterocycles. The second-order valence-corrected chi connectivity index (χ2v) is 5.72. The lowest BCUT2D eigenvalue weighted by Crippen LogP contribution is -2.26. The highest BCUT2D eigenvalue weighted by molar-refractivity contribution is 5.91. The number of carbonyl (C=O) groups excluding carboxylic acids is 1. The van der Waals surface area contributed by atoms with Gasteiger partial charge in [-0.15, -0.1) is 0 Å². The van der Waals surface area contributed by atoms with E-state index in [1.54, 1.807) is 0 Å². The van der Waals surface area contributed by atoms with Crippen molar-refractivity contribution < 1.29 is 4.79 Å². The number of rotatable bonds is 8. The molecule has 0 bridgehead atoms. The second-order valence-electron chi connectivity index (χ2n) is 5.72. The fraction of sp³-hybridized carbons (Fsp3) is 0.368. The summed E-state index contributed by atoms with van der Waals surface area (Å²) in [6, 6.07) is 12.0. The molecule has 122 valence electrons. The van der Waals surface area contributed by atoms with Gasteiger partial charge in [0.2, 0.25) is 5.91 Å². The van der Waals surface area contributed by atoms with Gasteiger partial charge in [-0.1, -0.05) is 25.1 Å². The van der Waals surface area contributed by atoms with Crippen LogP contribution in [0.4, 0.5) is 5.69 Å². The first-order valence-electron chi connectivity index (χ1n) is 8.14. The molecule has 0 radical (unpaired) electrons. The molecule has 0 aliphatic rings. The number of carbonyl (C=O) groups is 1. The summed E-state index contributed by atoms with van der Waals surface area (Å²) in [7, 11) is 2.05. The van der Waals surface area contributed by atoms with Crippen LogP contribution in [0, 0.1) is 0 Å². The lowest BCUT2D eigenvalue weighted by molar-refractivity contribution is -0.116. The summed E-state index contributed by atoms with van der Waals surface area (Å²) in [5, 5.41) is 3.02. The van der Waals surface area contributed by atoms with Crippen molar-refractivity contribution in [3.63, 3.8) is 0 Å². The maximum atomic E-state index is 12.1. The van der Waals surface area contributed by atoms with Gasteiger partial charge in [-0.2, -0.15) is 0 Å². The standard InChI is InChI=1S/C19H25N3O/c1-3-17-6-4-5-7-18(17)21-19(23)11-15-22(2)14-10-16-8-12-20-13-9-16/h4-9,12-13H,3,10-11,14-15H2,1-2H3,(H,21,23). The van der Waals surface area contributed by atoms with Crippen LogP contribution in [0.15, 0.2) is 48.8 Å². The predicted octanol–water partition coefficient (Wildman–Crippen LogP) is 3.15. The molecule has 0 aliphatic carbocycles. The number of aryl methyl sites for hydroxylation is 1. The van der Waals surface area contributed by atoms with Gasteiger partial charge in [-0.05, 0) is 49.2 Å². The molecule has 0 spiro atoms. The lowest BCUT2D eigenvalue weighted by Gasteiger charge is -2.16. The van der Waals surface area contributed by atoms with E-state index in [0.29, 0.717) is 6.42 Å². The molecule has 0 saturated heterocycles. The number of amides is 1. The molecule has 0 unspecified atom stereocenters. The van der Waals surface area contributed by atoms with Crippen molar-refractivity contribution in [2.75, 3.05) is 25.5 Å². The van der Waals surface area contributed by atoms with Crippen LogP contribution in [-0.2, 0) is 17.6 Å². The Hall–Kier alpha value is -2.20. The summed E-state index contributed by atoms with van der Waals surface area (Å²) >= 11 is 0. The number of benzene rings is 1.